The first kappa shape index (κ1) is 54.7. The summed E-state index contributed by atoms with van der Waals surface area (Å²) in [5.74, 6) is 0. The van der Waals surface area contributed by atoms with Crippen molar-refractivity contribution in [1.29, 1.82) is 0 Å². The van der Waals surface area contributed by atoms with Crippen molar-refractivity contribution in [2.75, 3.05) is 110 Å². The van der Waals surface area contributed by atoms with Crippen molar-refractivity contribution < 1.29 is 62.7 Å². The van der Waals surface area contributed by atoms with E-state index in [4.69, 9.17) is 57.2 Å². The molecule has 20 heteroatoms. The van der Waals surface area contributed by atoms with E-state index in [1.54, 1.807) is 35.5 Å². The highest BCUT2D eigenvalue weighted by Crippen LogP contribution is 2.22. The van der Waals surface area contributed by atoms with Crippen LogP contribution >= 0.6 is 0 Å². The highest BCUT2D eigenvalue weighted by Gasteiger charge is 2.54. The maximum atomic E-state index is 5.86. The van der Waals surface area contributed by atoms with Crippen molar-refractivity contribution in [2.24, 2.45) is 0 Å². The third kappa shape index (κ3) is 23.3. The molecule has 280 valence electrons. The molecular formula is C25H70N2O14Si4. The Morgan fingerprint density at radius 2 is 0.733 bits per heavy atom. The highest BCUT2D eigenvalue weighted by atomic mass is 28.5. The molecule has 0 saturated carbocycles. The zero-order chi connectivity index (χ0) is 33.7. The van der Waals surface area contributed by atoms with E-state index in [2.05, 4.69) is 10.6 Å². The van der Waals surface area contributed by atoms with Gasteiger partial charge in [0.25, 0.3) is 0 Å². The van der Waals surface area contributed by atoms with Gasteiger partial charge in [0.15, 0.2) is 0 Å². The van der Waals surface area contributed by atoms with E-state index in [0.717, 1.165) is 32.0 Å². The van der Waals surface area contributed by atoms with E-state index in [9.17, 15) is 0 Å². The van der Waals surface area contributed by atoms with Crippen molar-refractivity contribution in [3.05, 3.63) is 0 Å². The monoisotopic (exact) mass is 734 g/mol. The maximum Gasteiger partial charge on any atom is 0.679 e. The second kappa shape index (κ2) is 34.1. The van der Waals surface area contributed by atoms with Gasteiger partial charge in [0.1, 0.15) is 0 Å². The fourth-order valence-corrected chi connectivity index (χ4v) is 12.4. The minimum Gasteiger partial charge on any atom is -0.412 e. The van der Waals surface area contributed by atoms with Gasteiger partial charge in [-0.3, -0.25) is 0 Å². The Balaban J connectivity index is -0.000000178. The summed E-state index contributed by atoms with van der Waals surface area (Å²) in [5.41, 5.74) is 0. The van der Waals surface area contributed by atoms with Gasteiger partial charge in [0, 0.05) is 95.4 Å². The van der Waals surface area contributed by atoms with E-state index >= 15 is 0 Å². The van der Waals surface area contributed by atoms with Gasteiger partial charge in [0.05, 0.1) is 0 Å². The molecule has 45 heavy (non-hydrogen) atoms. The lowest BCUT2D eigenvalue weighted by Gasteiger charge is -2.33. The van der Waals surface area contributed by atoms with Crippen LogP contribution in [0.25, 0.3) is 0 Å². The van der Waals surface area contributed by atoms with Gasteiger partial charge in [-0.25, -0.2) is 0 Å². The summed E-state index contributed by atoms with van der Waals surface area (Å²) >= 11 is 0. The second-order valence-electron chi connectivity index (χ2n) is 8.25. The molecule has 16 nitrogen and oxygen atoms in total. The lowest BCUT2D eigenvalue weighted by molar-refractivity contribution is -0.0247. The van der Waals surface area contributed by atoms with Crippen molar-refractivity contribution in [1.82, 2.24) is 10.6 Å². The Morgan fingerprint density at radius 1 is 0.444 bits per heavy atom. The molecule has 0 aliphatic carbocycles. The van der Waals surface area contributed by atoms with E-state index in [1.807, 2.05) is 41.8 Å². The van der Waals surface area contributed by atoms with Crippen LogP contribution in [0.2, 0.25) is 12.1 Å². The molecule has 0 unspecified atom stereocenters. The third-order valence-electron chi connectivity index (χ3n) is 5.69. The fraction of sp³-hybridized carbons (Fsp3) is 1.00. The predicted molar refractivity (Wildman–Crippen MR) is 184 cm³/mol. The van der Waals surface area contributed by atoms with Crippen molar-refractivity contribution in [2.45, 2.75) is 60.1 Å². The van der Waals surface area contributed by atoms with E-state index in [1.165, 1.54) is 21.3 Å². The highest BCUT2D eigenvalue weighted by molar-refractivity contribution is 6.72. The van der Waals surface area contributed by atoms with Gasteiger partial charge in [-0.15, -0.1) is 0 Å². The molecule has 0 amide bonds. The van der Waals surface area contributed by atoms with Crippen LogP contribution in [0.1, 0.15) is 48.0 Å². The van der Waals surface area contributed by atoms with Crippen molar-refractivity contribution in [3.63, 3.8) is 0 Å². The topological polar surface area (TPSA) is 176 Å². The zero-order valence-electron chi connectivity index (χ0n) is 29.9. The second-order valence-corrected chi connectivity index (χ2v) is 19.2. The maximum absolute atomic E-state index is 5.86. The minimum absolute atomic E-state index is 0. The first-order valence-electron chi connectivity index (χ1n) is 14.5. The molecular weight excluding hydrogens is 665 g/mol. The minimum atomic E-state index is -3.16. The van der Waals surface area contributed by atoms with E-state index in [0.29, 0.717) is 32.5 Å². The third-order valence-corrected chi connectivity index (χ3v) is 17.0. The van der Waals surface area contributed by atoms with Crippen LogP contribution in [0.15, 0.2) is 0 Å². The molecule has 0 aromatic heterocycles. The summed E-state index contributed by atoms with van der Waals surface area (Å²) in [7, 11) is 5.22. The lowest BCUT2D eigenvalue weighted by atomic mass is 10.5. The summed E-state index contributed by atoms with van der Waals surface area (Å²) in [6, 6.07) is 1.52. The molecule has 0 atom stereocenters. The quantitative estimate of drug-likeness (QED) is 0.0975. The molecule has 0 rings (SSSR count). The molecule has 0 bridgehead atoms. The van der Waals surface area contributed by atoms with Crippen LogP contribution in [0.5, 0.6) is 0 Å². The number of nitrogens with one attached hydrogen (secondary N) is 2. The normalized spacial score (nSPS) is 11.9. The average Bonchev–Trinajstić information content (AvgIpc) is 3.03. The first-order chi connectivity index (χ1) is 20.6. The van der Waals surface area contributed by atoms with Crippen LogP contribution in [0.3, 0.4) is 0 Å². The van der Waals surface area contributed by atoms with Gasteiger partial charge < -0.3 is 73.3 Å². The van der Waals surface area contributed by atoms with Crippen LogP contribution < -0.4 is 10.6 Å². The van der Waals surface area contributed by atoms with Crippen molar-refractivity contribution in [3.8, 4) is 0 Å². The van der Waals surface area contributed by atoms with E-state index < -0.39 is 35.7 Å². The smallest absolute Gasteiger partial charge is 0.412 e. The molecule has 4 N–H and O–H groups in total. The Bertz CT molecular complexity index is 552. The van der Waals surface area contributed by atoms with Crippen LogP contribution in [-0.4, -0.2) is 152 Å². The summed E-state index contributed by atoms with van der Waals surface area (Å²) in [5, 5.41) is 6.13. The number of hydrogen-bond donors (Lipinski definition) is 2. The Kier molecular flexibility index (Phi) is 41.4. The molecule has 0 heterocycles. The van der Waals surface area contributed by atoms with E-state index in [-0.39, 0.29) is 12.9 Å². The Morgan fingerprint density at radius 3 is 0.956 bits per heavy atom. The van der Waals surface area contributed by atoms with Gasteiger partial charge in [0.2, 0.25) is 0 Å². The summed E-state index contributed by atoms with van der Waals surface area (Å²) in [4.78, 5) is 0. The van der Waals surface area contributed by atoms with Gasteiger partial charge in [-0.05, 0) is 67.7 Å². The zero-order valence-corrected chi connectivity index (χ0v) is 33.9. The fourth-order valence-electron chi connectivity index (χ4n) is 3.46. The Labute approximate surface area is 279 Å². The molecule has 0 aromatic rings. The molecule has 0 aromatic carbocycles. The van der Waals surface area contributed by atoms with Crippen LogP contribution in [-0.2, 0) is 57.2 Å². The molecule has 0 aliphatic rings. The first-order valence-corrected chi connectivity index (χ1v) is 21.7. The van der Waals surface area contributed by atoms with Gasteiger partial charge in [-0.1, -0.05) is 7.43 Å². The summed E-state index contributed by atoms with van der Waals surface area (Å²) < 4.78 is 69.9. The SMILES string of the molecule is C.CCO[Si](OCC)(OCC)OCC.CNCCC[Si](OC)(OC)OC.CNCCC[Si](OC)(OC)O[Si](OC)(OC)OC.O. The lowest BCUT2D eigenvalue weighted by Crippen LogP contribution is -2.58. The average molecular weight is 735 g/mol. The van der Waals surface area contributed by atoms with Crippen molar-refractivity contribution >= 4 is 35.7 Å². The molecule has 0 fully saturated rings. The number of hydrogen-bond acceptors (Lipinski definition) is 15. The molecule has 0 saturated heterocycles. The molecule has 0 radical (unpaired) electrons. The molecule has 0 aliphatic heterocycles. The molecule has 0 spiro atoms. The van der Waals surface area contributed by atoms with Gasteiger partial charge in [-0.2, -0.15) is 0 Å². The van der Waals surface area contributed by atoms with Crippen LogP contribution in [0.4, 0.5) is 0 Å². The summed E-state index contributed by atoms with van der Waals surface area (Å²) in [6.07, 6.45) is 1.88. The van der Waals surface area contributed by atoms with Crippen LogP contribution in [0, 0.1) is 0 Å². The standard InChI is InChI=1S/C9H25NO6Si2.C8H20O4Si.C7H19NO3Si.CH4.H2O/c1-10-8-7-9-17(11-2,12-3)16-18(13-4,14-5)15-6;1-5-9-13(10-6-2,11-7-3)12-8-4;1-8-6-5-7-12(9-2,10-3)11-4;;/h10H,7-9H2,1-6H3;5-8H2,1-4H3;8H,5-7H2,1-4H3;1H4;1H2. The van der Waals surface area contributed by atoms with Gasteiger partial charge >= 0.3 is 35.7 Å². The largest absolute Gasteiger partial charge is 0.679 e. The predicted octanol–water partition coefficient (Wildman–Crippen LogP) is 2.07. The summed E-state index contributed by atoms with van der Waals surface area (Å²) in [6.45, 7) is 11.6. The Hall–Kier alpha value is 0.228. The number of rotatable bonds is 26.